The van der Waals surface area contributed by atoms with Crippen LogP contribution in [0.2, 0.25) is 0 Å². The normalized spacial score (nSPS) is 9.88. The third-order valence-corrected chi connectivity index (χ3v) is 4.07. The lowest BCUT2D eigenvalue weighted by atomic mass is 10.2. The van der Waals surface area contributed by atoms with E-state index in [4.69, 9.17) is 18.9 Å². The molecule has 0 aliphatic heterocycles. The van der Waals surface area contributed by atoms with E-state index in [0.717, 1.165) is 0 Å². The Bertz CT molecular complexity index is 356. The third-order valence-electron chi connectivity index (χ3n) is 2.03. The van der Waals surface area contributed by atoms with E-state index in [2.05, 4.69) is 31.9 Å². The van der Waals surface area contributed by atoms with E-state index in [1.165, 1.54) is 0 Å². The molecule has 0 amide bonds. The molecule has 16 heavy (non-hydrogen) atoms. The Morgan fingerprint density at radius 1 is 0.562 bits per heavy atom. The summed E-state index contributed by atoms with van der Waals surface area (Å²) < 4.78 is 22.4. The van der Waals surface area contributed by atoms with Gasteiger partial charge in [0.05, 0.1) is 37.4 Å². The smallest absolute Gasteiger partial charge is 0.208 e. The van der Waals surface area contributed by atoms with Crippen molar-refractivity contribution in [1.82, 2.24) is 0 Å². The summed E-state index contributed by atoms with van der Waals surface area (Å²) in [5.74, 6) is 2.06. The molecule has 0 fully saturated rings. The number of methoxy groups -OCH3 is 4. The molecule has 4 nitrogen and oxygen atoms in total. The van der Waals surface area contributed by atoms with Crippen LogP contribution in [0.4, 0.5) is 0 Å². The van der Waals surface area contributed by atoms with Gasteiger partial charge in [0.15, 0.2) is 11.5 Å². The van der Waals surface area contributed by atoms with Crippen molar-refractivity contribution < 1.29 is 18.9 Å². The summed E-state index contributed by atoms with van der Waals surface area (Å²) in [4.78, 5) is 0. The summed E-state index contributed by atoms with van der Waals surface area (Å²) in [7, 11) is 6.20. The van der Waals surface area contributed by atoms with Crippen LogP contribution in [0.15, 0.2) is 8.95 Å². The molecule has 0 aliphatic carbocycles. The number of hydrogen-bond donors (Lipinski definition) is 0. The Balaban J connectivity index is 3.61. The predicted octanol–water partition coefficient (Wildman–Crippen LogP) is 3.25. The topological polar surface area (TPSA) is 36.9 Å². The van der Waals surface area contributed by atoms with Crippen LogP contribution >= 0.6 is 31.9 Å². The maximum atomic E-state index is 5.26. The van der Waals surface area contributed by atoms with E-state index in [9.17, 15) is 0 Å². The third kappa shape index (κ3) is 2.08. The number of hydrogen-bond acceptors (Lipinski definition) is 4. The highest BCUT2D eigenvalue weighted by atomic mass is 79.9. The van der Waals surface area contributed by atoms with Crippen molar-refractivity contribution in [2.75, 3.05) is 28.4 Å². The summed E-state index contributed by atoms with van der Waals surface area (Å²) in [6.45, 7) is 0. The quantitative estimate of drug-likeness (QED) is 0.830. The fourth-order valence-electron chi connectivity index (χ4n) is 1.34. The van der Waals surface area contributed by atoms with E-state index in [1.807, 2.05) is 0 Å². The van der Waals surface area contributed by atoms with Crippen LogP contribution in [0.3, 0.4) is 0 Å². The van der Waals surface area contributed by atoms with Crippen molar-refractivity contribution in [3.63, 3.8) is 0 Å². The Morgan fingerprint density at radius 2 is 0.812 bits per heavy atom. The second-order valence-electron chi connectivity index (χ2n) is 2.76. The average molecular weight is 356 g/mol. The summed E-state index contributed by atoms with van der Waals surface area (Å²) >= 11 is 6.80. The first-order valence-electron chi connectivity index (χ1n) is 4.33. The molecular formula is C10H12Br2O4. The Kier molecular flexibility index (Phi) is 4.73. The van der Waals surface area contributed by atoms with Crippen molar-refractivity contribution in [2.45, 2.75) is 0 Å². The standard InChI is InChI=1S/C10H12Br2O4/c1-13-7-5(11)6(12)8(14-2)10(16-4)9(7)15-3/h1-4H3. The van der Waals surface area contributed by atoms with Crippen LogP contribution in [0, 0.1) is 0 Å². The largest absolute Gasteiger partial charge is 0.492 e. The van der Waals surface area contributed by atoms with Gasteiger partial charge in [0.25, 0.3) is 0 Å². The molecule has 0 unspecified atom stereocenters. The molecule has 0 radical (unpaired) electrons. The minimum Gasteiger partial charge on any atom is -0.492 e. The molecule has 0 heterocycles. The molecule has 6 heteroatoms. The van der Waals surface area contributed by atoms with Crippen LogP contribution in [0.25, 0.3) is 0 Å². The number of halogens is 2. The highest BCUT2D eigenvalue weighted by molar-refractivity contribution is 9.13. The highest BCUT2D eigenvalue weighted by Crippen LogP contribution is 2.53. The monoisotopic (exact) mass is 354 g/mol. The minimum atomic E-state index is 0.483. The second-order valence-corrected chi connectivity index (χ2v) is 4.35. The van der Waals surface area contributed by atoms with Crippen molar-refractivity contribution in [1.29, 1.82) is 0 Å². The molecule has 0 aromatic heterocycles. The maximum Gasteiger partial charge on any atom is 0.208 e. The van der Waals surface area contributed by atoms with Gasteiger partial charge in [-0.25, -0.2) is 0 Å². The molecule has 0 aliphatic rings. The van der Waals surface area contributed by atoms with Gasteiger partial charge in [-0.05, 0) is 31.9 Å². The van der Waals surface area contributed by atoms with Crippen LogP contribution in [0.5, 0.6) is 23.0 Å². The van der Waals surface area contributed by atoms with Crippen molar-refractivity contribution in [2.24, 2.45) is 0 Å². The molecule has 0 saturated carbocycles. The molecule has 0 bridgehead atoms. The van der Waals surface area contributed by atoms with Gasteiger partial charge in [0.2, 0.25) is 11.5 Å². The lowest BCUT2D eigenvalue weighted by molar-refractivity contribution is 0.303. The Hall–Kier alpha value is -0.620. The zero-order valence-electron chi connectivity index (χ0n) is 9.39. The highest BCUT2D eigenvalue weighted by Gasteiger charge is 2.24. The van der Waals surface area contributed by atoms with E-state index in [-0.39, 0.29) is 0 Å². The van der Waals surface area contributed by atoms with Crippen molar-refractivity contribution in [3.05, 3.63) is 8.95 Å². The second kappa shape index (κ2) is 5.63. The van der Waals surface area contributed by atoms with Gasteiger partial charge in [0, 0.05) is 0 Å². The summed E-state index contributed by atoms with van der Waals surface area (Å²) in [5.41, 5.74) is 0. The summed E-state index contributed by atoms with van der Waals surface area (Å²) in [6.07, 6.45) is 0. The lowest BCUT2D eigenvalue weighted by Crippen LogP contribution is -1.99. The zero-order chi connectivity index (χ0) is 12.3. The average Bonchev–Trinajstić information content (AvgIpc) is 2.31. The van der Waals surface area contributed by atoms with Gasteiger partial charge < -0.3 is 18.9 Å². The summed E-state index contributed by atoms with van der Waals surface area (Å²) in [6, 6.07) is 0. The first-order chi connectivity index (χ1) is 7.62. The fraction of sp³-hybridized carbons (Fsp3) is 0.400. The van der Waals surface area contributed by atoms with Gasteiger partial charge in [-0.2, -0.15) is 0 Å². The molecule has 0 saturated heterocycles. The molecule has 1 aromatic carbocycles. The summed E-state index contributed by atoms with van der Waals surface area (Å²) in [5, 5.41) is 0. The Morgan fingerprint density at radius 3 is 1.00 bits per heavy atom. The van der Waals surface area contributed by atoms with Gasteiger partial charge in [-0.3, -0.25) is 0 Å². The molecular weight excluding hydrogens is 344 g/mol. The van der Waals surface area contributed by atoms with E-state index < -0.39 is 0 Å². The molecule has 0 N–H and O–H groups in total. The minimum absolute atomic E-state index is 0.483. The first-order valence-corrected chi connectivity index (χ1v) is 5.91. The number of benzene rings is 1. The van der Waals surface area contributed by atoms with E-state index >= 15 is 0 Å². The predicted molar refractivity (Wildman–Crippen MR) is 68.1 cm³/mol. The Labute approximate surface area is 111 Å². The SMILES string of the molecule is COc1c(Br)c(Br)c(OC)c(OC)c1OC. The van der Waals surface area contributed by atoms with Crippen LogP contribution < -0.4 is 18.9 Å². The number of rotatable bonds is 4. The molecule has 1 aromatic rings. The first kappa shape index (κ1) is 13.4. The van der Waals surface area contributed by atoms with Crippen molar-refractivity contribution >= 4 is 31.9 Å². The van der Waals surface area contributed by atoms with Gasteiger partial charge >= 0.3 is 0 Å². The lowest BCUT2D eigenvalue weighted by Gasteiger charge is -2.18. The number of ether oxygens (including phenoxy) is 4. The van der Waals surface area contributed by atoms with Gasteiger partial charge in [-0.1, -0.05) is 0 Å². The van der Waals surface area contributed by atoms with Crippen LogP contribution in [-0.2, 0) is 0 Å². The maximum absolute atomic E-state index is 5.26. The van der Waals surface area contributed by atoms with Crippen LogP contribution in [-0.4, -0.2) is 28.4 Å². The van der Waals surface area contributed by atoms with Crippen LogP contribution in [0.1, 0.15) is 0 Å². The molecule has 0 atom stereocenters. The molecule has 90 valence electrons. The molecule has 0 spiro atoms. The van der Waals surface area contributed by atoms with Crippen molar-refractivity contribution in [3.8, 4) is 23.0 Å². The van der Waals surface area contributed by atoms with E-state index in [1.54, 1.807) is 28.4 Å². The van der Waals surface area contributed by atoms with E-state index in [0.29, 0.717) is 31.9 Å². The molecule has 1 rings (SSSR count). The van der Waals surface area contributed by atoms with Gasteiger partial charge in [0.1, 0.15) is 0 Å². The zero-order valence-corrected chi connectivity index (χ0v) is 12.6. The fourth-order valence-corrected chi connectivity index (χ4v) is 2.38. The van der Waals surface area contributed by atoms with Gasteiger partial charge in [-0.15, -0.1) is 0 Å².